The number of carbonyl (C=O) groups excluding carboxylic acids is 4. The Bertz CT molecular complexity index is 1210. The lowest BCUT2D eigenvalue weighted by molar-refractivity contribution is -0.323. The molecule has 216 valence electrons. The predicted molar refractivity (Wildman–Crippen MR) is 148 cm³/mol. The standard InChI is InChI=1S/C28H30Br2O10/c1-15(31)36-23-22(39-26(34)18-8-12-20(30)13-9-18)21(14-35-25(33)17-6-10-19(29)11-7-17)38-27(40-28(3,4)5)24(23)37-16(2)32/h6-13,21-24,27H,14H2,1-5H3/t21-,22+,23+,24-,27+/m1/s1. The van der Waals surface area contributed by atoms with Gasteiger partial charge < -0.3 is 28.4 Å². The van der Waals surface area contributed by atoms with E-state index in [1.54, 1.807) is 57.2 Å². The van der Waals surface area contributed by atoms with Crippen molar-refractivity contribution in [1.29, 1.82) is 0 Å². The van der Waals surface area contributed by atoms with Crippen LogP contribution in [0.15, 0.2) is 57.5 Å². The third kappa shape index (κ3) is 9.12. The van der Waals surface area contributed by atoms with Crippen LogP contribution in [0.3, 0.4) is 0 Å². The minimum absolute atomic E-state index is 0.201. The molecule has 0 amide bonds. The fourth-order valence-electron chi connectivity index (χ4n) is 3.85. The molecule has 5 atom stereocenters. The van der Waals surface area contributed by atoms with Gasteiger partial charge in [-0.05, 0) is 69.3 Å². The summed E-state index contributed by atoms with van der Waals surface area (Å²) in [4.78, 5) is 50.2. The van der Waals surface area contributed by atoms with Crippen molar-refractivity contribution in [3.05, 3.63) is 68.6 Å². The zero-order valence-electron chi connectivity index (χ0n) is 22.6. The van der Waals surface area contributed by atoms with Gasteiger partial charge in [0.25, 0.3) is 0 Å². The average molecular weight is 686 g/mol. The summed E-state index contributed by atoms with van der Waals surface area (Å²) in [6.45, 7) is 7.20. The second-order valence-corrected chi connectivity index (χ2v) is 11.7. The highest BCUT2D eigenvalue weighted by atomic mass is 79.9. The van der Waals surface area contributed by atoms with E-state index in [1.165, 1.54) is 19.1 Å². The van der Waals surface area contributed by atoms with Crippen LogP contribution in [0.25, 0.3) is 0 Å². The van der Waals surface area contributed by atoms with Crippen molar-refractivity contribution in [2.45, 2.75) is 70.9 Å². The van der Waals surface area contributed by atoms with Crippen molar-refractivity contribution < 1.29 is 47.6 Å². The third-order valence-electron chi connectivity index (χ3n) is 5.45. The summed E-state index contributed by atoms with van der Waals surface area (Å²) in [5.74, 6) is -2.85. The van der Waals surface area contributed by atoms with Gasteiger partial charge in [0.05, 0.1) is 16.7 Å². The Labute approximate surface area is 248 Å². The maximum Gasteiger partial charge on any atom is 0.338 e. The first-order valence-corrected chi connectivity index (χ1v) is 13.9. The summed E-state index contributed by atoms with van der Waals surface area (Å²) in [6.07, 6.45) is -6.42. The van der Waals surface area contributed by atoms with Crippen molar-refractivity contribution in [2.24, 2.45) is 0 Å². The molecular formula is C28H30Br2O10. The van der Waals surface area contributed by atoms with Crippen molar-refractivity contribution in [3.8, 4) is 0 Å². The Morgan fingerprint density at radius 1 is 0.725 bits per heavy atom. The van der Waals surface area contributed by atoms with Crippen molar-refractivity contribution in [3.63, 3.8) is 0 Å². The lowest BCUT2D eigenvalue weighted by Crippen LogP contribution is -2.63. The van der Waals surface area contributed by atoms with Crippen LogP contribution < -0.4 is 0 Å². The number of esters is 4. The second kappa shape index (κ2) is 13.7. The predicted octanol–water partition coefficient (Wildman–Crippen LogP) is 5.00. The monoisotopic (exact) mass is 684 g/mol. The third-order valence-corrected chi connectivity index (χ3v) is 6.50. The zero-order valence-corrected chi connectivity index (χ0v) is 25.7. The summed E-state index contributed by atoms with van der Waals surface area (Å²) < 4.78 is 36.0. The van der Waals surface area contributed by atoms with Crippen LogP contribution >= 0.6 is 31.9 Å². The van der Waals surface area contributed by atoms with Gasteiger partial charge in [0.15, 0.2) is 24.6 Å². The molecule has 2 aromatic rings. The van der Waals surface area contributed by atoms with Gasteiger partial charge in [-0.3, -0.25) is 9.59 Å². The quantitative estimate of drug-likeness (QED) is 0.277. The van der Waals surface area contributed by atoms with Crippen LogP contribution in [-0.4, -0.2) is 66.8 Å². The number of rotatable bonds is 8. The van der Waals surface area contributed by atoms with E-state index in [1.807, 2.05) is 0 Å². The highest BCUT2D eigenvalue weighted by Gasteiger charge is 2.53. The first kappa shape index (κ1) is 31.7. The minimum atomic E-state index is -1.35. The van der Waals surface area contributed by atoms with Gasteiger partial charge in [-0.2, -0.15) is 0 Å². The Hall–Kier alpha value is -2.80. The molecule has 0 radical (unpaired) electrons. The van der Waals surface area contributed by atoms with Gasteiger partial charge in [-0.25, -0.2) is 9.59 Å². The highest BCUT2D eigenvalue weighted by molar-refractivity contribution is 9.10. The first-order chi connectivity index (χ1) is 18.7. The van der Waals surface area contributed by atoms with E-state index in [0.29, 0.717) is 0 Å². The van der Waals surface area contributed by atoms with Crippen LogP contribution in [0, 0.1) is 0 Å². The Kier molecular flexibility index (Phi) is 10.9. The molecule has 1 aliphatic rings. The smallest absolute Gasteiger partial charge is 0.338 e. The number of halogens is 2. The van der Waals surface area contributed by atoms with Crippen LogP contribution in [0.1, 0.15) is 55.3 Å². The summed E-state index contributed by atoms with van der Waals surface area (Å²) in [5.41, 5.74) is -0.310. The lowest BCUT2D eigenvalue weighted by atomic mass is 9.97. The maximum atomic E-state index is 13.1. The van der Waals surface area contributed by atoms with Crippen LogP contribution in [-0.2, 0) is 38.0 Å². The molecule has 0 spiro atoms. The molecule has 1 aliphatic heterocycles. The average Bonchev–Trinajstić information content (AvgIpc) is 2.85. The highest BCUT2D eigenvalue weighted by Crippen LogP contribution is 2.32. The summed E-state index contributed by atoms with van der Waals surface area (Å²) in [7, 11) is 0. The van der Waals surface area contributed by atoms with Gasteiger partial charge in [0.2, 0.25) is 0 Å². The van der Waals surface area contributed by atoms with Gasteiger partial charge in [0, 0.05) is 22.8 Å². The molecule has 3 rings (SSSR count). The second-order valence-electron chi connectivity index (χ2n) is 9.90. The Balaban J connectivity index is 1.98. The van der Waals surface area contributed by atoms with Crippen LogP contribution in [0.5, 0.6) is 0 Å². The summed E-state index contributed by atoms with van der Waals surface area (Å²) in [6, 6.07) is 12.9. The Morgan fingerprint density at radius 2 is 1.20 bits per heavy atom. The van der Waals surface area contributed by atoms with E-state index in [4.69, 9.17) is 28.4 Å². The molecule has 0 aliphatic carbocycles. The number of ether oxygens (including phenoxy) is 6. The van der Waals surface area contributed by atoms with E-state index in [0.717, 1.165) is 15.9 Å². The zero-order chi connectivity index (χ0) is 29.6. The summed E-state index contributed by atoms with van der Waals surface area (Å²) in [5, 5.41) is 0. The molecule has 0 unspecified atom stereocenters. The number of carbonyl (C=O) groups is 4. The van der Waals surface area contributed by atoms with Gasteiger partial charge >= 0.3 is 23.9 Å². The molecule has 0 N–H and O–H groups in total. The molecule has 0 bridgehead atoms. The largest absolute Gasteiger partial charge is 0.459 e. The minimum Gasteiger partial charge on any atom is -0.459 e. The van der Waals surface area contributed by atoms with E-state index in [2.05, 4.69) is 31.9 Å². The van der Waals surface area contributed by atoms with Crippen LogP contribution in [0.2, 0.25) is 0 Å². The van der Waals surface area contributed by atoms with Crippen molar-refractivity contribution >= 4 is 55.7 Å². The number of benzene rings is 2. The summed E-state index contributed by atoms with van der Waals surface area (Å²) >= 11 is 6.63. The van der Waals surface area contributed by atoms with Crippen LogP contribution in [0.4, 0.5) is 0 Å². The first-order valence-electron chi connectivity index (χ1n) is 12.3. The normalized spacial score (nSPS) is 22.6. The molecule has 12 heteroatoms. The molecule has 1 saturated heterocycles. The van der Waals surface area contributed by atoms with Crippen molar-refractivity contribution in [2.75, 3.05) is 6.61 Å². The molecule has 0 saturated carbocycles. The van der Waals surface area contributed by atoms with Gasteiger partial charge in [-0.15, -0.1) is 0 Å². The SMILES string of the molecule is CC(=O)O[C@H]1[C@@H](OC(=O)c2ccc(Br)cc2)[C@@H](COC(=O)c2ccc(Br)cc2)O[C@@H](OC(C)(C)C)[C@@H]1OC(C)=O. The lowest BCUT2D eigenvalue weighted by Gasteiger charge is -2.45. The van der Waals surface area contributed by atoms with E-state index >= 15 is 0 Å². The fourth-order valence-corrected chi connectivity index (χ4v) is 4.37. The molecule has 1 fully saturated rings. The van der Waals surface area contributed by atoms with E-state index in [-0.39, 0.29) is 11.1 Å². The Morgan fingerprint density at radius 3 is 1.68 bits per heavy atom. The number of hydrogen-bond donors (Lipinski definition) is 0. The molecule has 10 nitrogen and oxygen atoms in total. The van der Waals surface area contributed by atoms with Gasteiger partial charge in [0.1, 0.15) is 12.7 Å². The number of hydrogen-bond acceptors (Lipinski definition) is 10. The maximum absolute atomic E-state index is 13.1. The van der Waals surface area contributed by atoms with E-state index in [9.17, 15) is 19.2 Å². The molecule has 2 aromatic carbocycles. The molecule has 0 aromatic heterocycles. The van der Waals surface area contributed by atoms with Crippen molar-refractivity contribution in [1.82, 2.24) is 0 Å². The molecular weight excluding hydrogens is 656 g/mol. The van der Waals surface area contributed by atoms with Gasteiger partial charge in [-0.1, -0.05) is 31.9 Å². The molecule has 40 heavy (non-hydrogen) atoms. The molecule has 1 heterocycles. The topological polar surface area (TPSA) is 124 Å². The van der Waals surface area contributed by atoms with E-state index < -0.39 is 66.8 Å². The fraction of sp³-hybridized carbons (Fsp3) is 0.429.